The Morgan fingerprint density at radius 1 is 1.23 bits per heavy atom. The van der Waals surface area contributed by atoms with Crippen LogP contribution in [0, 0.1) is 6.92 Å². The lowest BCUT2D eigenvalue weighted by molar-refractivity contribution is 0.0938. The second-order valence-corrected chi connectivity index (χ2v) is 6.98. The number of methoxy groups -OCH3 is 1. The summed E-state index contributed by atoms with van der Waals surface area (Å²) in [5, 5.41) is 4.81. The molecule has 2 aromatic heterocycles. The van der Waals surface area contributed by atoms with Gasteiger partial charge in [-0.1, -0.05) is 23.8 Å². The van der Waals surface area contributed by atoms with Crippen LogP contribution in [0.2, 0.25) is 0 Å². The number of aryl methyl sites for hydroxylation is 1. The monoisotopic (exact) mass is 368 g/mol. The minimum Gasteiger partial charge on any atom is -0.496 e. The lowest BCUT2D eigenvalue weighted by Gasteiger charge is -2.18. The topological polar surface area (TPSA) is 71.2 Å². The highest BCUT2D eigenvalue weighted by atomic mass is 32.1. The fourth-order valence-corrected chi connectivity index (χ4v) is 3.48. The Balaban J connectivity index is 1.82. The number of pyridine rings is 1. The van der Waals surface area contributed by atoms with E-state index in [-0.39, 0.29) is 11.6 Å². The van der Waals surface area contributed by atoms with E-state index in [1.165, 1.54) is 11.3 Å². The van der Waals surface area contributed by atoms with E-state index in [9.17, 15) is 9.59 Å². The summed E-state index contributed by atoms with van der Waals surface area (Å²) in [6, 6.07) is 12.6. The van der Waals surface area contributed by atoms with Crippen LogP contribution in [0.25, 0.3) is 10.6 Å². The van der Waals surface area contributed by atoms with Crippen LogP contribution < -0.4 is 15.6 Å². The largest absolute Gasteiger partial charge is 0.496 e. The maximum atomic E-state index is 12.6. The van der Waals surface area contributed by atoms with Gasteiger partial charge in [-0.05, 0) is 43.5 Å². The quantitative estimate of drug-likeness (QED) is 0.717. The molecule has 1 atom stereocenters. The Kier molecular flexibility index (Phi) is 5.23. The molecule has 26 heavy (non-hydrogen) atoms. The molecule has 1 unspecified atom stereocenters. The summed E-state index contributed by atoms with van der Waals surface area (Å²) < 4.78 is 5.37. The number of hydrogen-bond acceptors (Lipinski definition) is 4. The Morgan fingerprint density at radius 3 is 2.69 bits per heavy atom. The van der Waals surface area contributed by atoms with Crippen molar-refractivity contribution < 1.29 is 9.53 Å². The molecule has 134 valence electrons. The van der Waals surface area contributed by atoms with Gasteiger partial charge >= 0.3 is 0 Å². The van der Waals surface area contributed by atoms with E-state index >= 15 is 0 Å². The molecule has 2 heterocycles. The maximum absolute atomic E-state index is 12.6. The van der Waals surface area contributed by atoms with Gasteiger partial charge < -0.3 is 15.0 Å². The van der Waals surface area contributed by atoms with E-state index in [1.54, 1.807) is 19.2 Å². The number of aromatic nitrogens is 1. The lowest BCUT2D eigenvalue weighted by Crippen LogP contribution is -2.31. The molecule has 0 aliphatic rings. The Bertz CT molecular complexity index is 977. The number of benzene rings is 1. The predicted molar refractivity (Wildman–Crippen MR) is 104 cm³/mol. The number of nitrogens with one attached hydrogen (secondary N) is 2. The molecule has 6 heteroatoms. The minimum absolute atomic E-state index is 0.0868. The third-order valence-electron chi connectivity index (χ3n) is 4.14. The van der Waals surface area contributed by atoms with Gasteiger partial charge in [0.1, 0.15) is 11.3 Å². The Morgan fingerprint density at radius 2 is 2.04 bits per heavy atom. The van der Waals surface area contributed by atoms with E-state index in [0.717, 1.165) is 16.0 Å². The van der Waals surface area contributed by atoms with Crippen molar-refractivity contribution in [2.45, 2.75) is 19.9 Å². The molecule has 0 saturated heterocycles. The first-order valence-electron chi connectivity index (χ1n) is 8.22. The maximum Gasteiger partial charge on any atom is 0.261 e. The van der Waals surface area contributed by atoms with Crippen molar-refractivity contribution in [1.29, 1.82) is 0 Å². The molecule has 3 aromatic rings. The standard InChI is InChI=1S/C20H20N2O3S/c1-12-6-9-17(25-3)15(11-12)13(2)21-19(23)14-7-8-16(22-20(14)24)18-5-4-10-26-18/h4-11,13H,1-3H3,(H,21,23)(H,22,24). The summed E-state index contributed by atoms with van der Waals surface area (Å²) in [4.78, 5) is 28.6. The molecule has 0 aliphatic carbocycles. The van der Waals surface area contributed by atoms with Gasteiger partial charge in [0.15, 0.2) is 0 Å². The van der Waals surface area contributed by atoms with Gasteiger partial charge in [-0.15, -0.1) is 11.3 Å². The zero-order valence-corrected chi connectivity index (χ0v) is 15.6. The van der Waals surface area contributed by atoms with Gasteiger partial charge in [0.2, 0.25) is 0 Å². The Labute approximate surface area is 155 Å². The zero-order chi connectivity index (χ0) is 18.7. The highest BCUT2D eigenvalue weighted by molar-refractivity contribution is 7.13. The number of rotatable bonds is 5. The van der Waals surface area contributed by atoms with Crippen molar-refractivity contribution in [1.82, 2.24) is 10.3 Å². The number of aromatic amines is 1. The molecule has 0 aliphatic heterocycles. The van der Waals surface area contributed by atoms with Gasteiger partial charge in [0, 0.05) is 5.56 Å². The van der Waals surface area contributed by atoms with Crippen molar-refractivity contribution in [3.8, 4) is 16.3 Å². The number of amides is 1. The fraction of sp³-hybridized carbons (Fsp3) is 0.200. The van der Waals surface area contributed by atoms with Gasteiger partial charge in [-0.2, -0.15) is 0 Å². The molecule has 1 aromatic carbocycles. The number of ether oxygens (including phenoxy) is 1. The SMILES string of the molecule is COc1ccc(C)cc1C(C)NC(=O)c1ccc(-c2cccs2)[nH]c1=O. The van der Waals surface area contributed by atoms with E-state index in [4.69, 9.17) is 4.74 Å². The average molecular weight is 368 g/mol. The van der Waals surface area contributed by atoms with Crippen LogP contribution in [-0.4, -0.2) is 18.0 Å². The number of hydrogen-bond donors (Lipinski definition) is 2. The number of carbonyl (C=O) groups excluding carboxylic acids is 1. The molecule has 1 amide bonds. The molecule has 0 bridgehead atoms. The summed E-state index contributed by atoms with van der Waals surface area (Å²) in [6.45, 7) is 3.84. The normalized spacial score (nSPS) is 11.8. The number of carbonyl (C=O) groups is 1. The van der Waals surface area contributed by atoms with E-state index in [1.807, 2.05) is 49.6 Å². The smallest absolute Gasteiger partial charge is 0.261 e. The summed E-state index contributed by atoms with van der Waals surface area (Å²) >= 11 is 1.53. The fourth-order valence-electron chi connectivity index (χ4n) is 2.77. The van der Waals surface area contributed by atoms with Crippen LogP contribution in [0.3, 0.4) is 0 Å². The van der Waals surface area contributed by atoms with Crippen molar-refractivity contribution >= 4 is 17.2 Å². The molecular weight excluding hydrogens is 348 g/mol. The summed E-state index contributed by atoms with van der Waals surface area (Å²) in [6.07, 6.45) is 0. The summed E-state index contributed by atoms with van der Waals surface area (Å²) in [5.41, 5.74) is 2.32. The average Bonchev–Trinajstić information content (AvgIpc) is 3.16. The molecule has 0 saturated carbocycles. The first-order valence-corrected chi connectivity index (χ1v) is 9.10. The highest BCUT2D eigenvalue weighted by Gasteiger charge is 2.18. The zero-order valence-electron chi connectivity index (χ0n) is 14.8. The minimum atomic E-state index is -0.417. The molecule has 2 N–H and O–H groups in total. The van der Waals surface area contributed by atoms with E-state index in [2.05, 4.69) is 10.3 Å². The number of thiophene rings is 1. The molecule has 5 nitrogen and oxygen atoms in total. The van der Waals surface area contributed by atoms with Crippen LogP contribution in [0.1, 0.15) is 34.5 Å². The van der Waals surface area contributed by atoms with Crippen molar-refractivity contribution in [3.63, 3.8) is 0 Å². The first-order chi connectivity index (χ1) is 12.5. The first kappa shape index (κ1) is 17.9. The second kappa shape index (κ2) is 7.58. The van der Waals surface area contributed by atoms with Crippen LogP contribution in [0.5, 0.6) is 5.75 Å². The van der Waals surface area contributed by atoms with Crippen LogP contribution in [0.15, 0.2) is 52.6 Å². The van der Waals surface area contributed by atoms with E-state index in [0.29, 0.717) is 11.4 Å². The van der Waals surface area contributed by atoms with Crippen LogP contribution in [0.4, 0.5) is 0 Å². The highest BCUT2D eigenvalue weighted by Crippen LogP contribution is 2.26. The molecular formula is C20H20N2O3S. The lowest BCUT2D eigenvalue weighted by atomic mass is 10.0. The van der Waals surface area contributed by atoms with E-state index < -0.39 is 11.5 Å². The van der Waals surface area contributed by atoms with Gasteiger partial charge in [0.25, 0.3) is 11.5 Å². The van der Waals surface area contributed by atoms with Crippen molar-refractivity contribution in [2.24, 2.45) is 0 Å². The third kappa shape index (κ3) is 3.70. The number of H-pyrrole nitrogens is 1. The van der Waals surface area contributed by atoms with Crippen LogP contribution in [-0.2, 0) is 0 Å². The van der Waals surface area contributed by atoms with Crippen molar-refractivity contribution in [3.05, 3.63) is 74.9 Å². The summed E-state index contributed by atoms with van der Waals surface area (Å²) in [5.74, 6) is 0.283. The molecule has 0 radical (unpaired) electrons. The van der Waals surface area contributed by atoms with Crippen molar-refractivity contribution in [2.75, 3.05) is 7.11 Å². The third-order valence-corrected chi connectivity index (χ3v) is 5.04. The molecule has 0 fully saturated rings. The second-order valence-electron chi connectivity index (χ2n) is 6.03. The van der Waals surface area contributed by atoms with Gasteiger partial charge in [-0.25, -0.2) is 0 Å². The Hall–Kier alpha value is -2.86. The van der Waals surface area contributed by atoms with Gasteiger partial charge in [0.05, 0.1) is 23.7 Å². The summed E-state index contributed by atoms with van der Waals surface area (Å²) in [7, 11) is 1.59. The molecule has 3 rings (SSSR count). The predicted octanol–water partition coefficient (Wildman–Crippen LogP) is 3.91. The molecule has 0 spiro atoms. The van der Waals surface area contributed by atoms with Crippen LogP contribution >= 0.6 is 11.3 Å². The van der Waals surface area contributed by atoms with Gasteiger partial charge in [-0.3, -0.25) is 9.59 Å².